The Morgan fingerprint density at radius 2 is 2.12 bits per heavy atom. The molecule has 0 atom stereocenters. The molecule has 0 spiro atoms. The first-order chi connectivity index (χ1) is 12.3. The Labute approximate surface area is 166 Å². The van der Waals surface area contributed by atoms with E-state index in [0.29, 0.717) is 11.7 Å². The van der Waals surface area contributed by atoms with Crippen LogP contribution in [0.15, 0.2) is 29.0 Å². The molecule has 0 radical (unpaired) electrons. The molecule has 0 fully saturated rings. The summed E-state index contributed by atoms with van der Waals surface area (Å²) < 4.78 is 6.61. The van der Waals surface area contributed by atoms with E-state index in [-0.39, 0.29) is 6.09 Å². The molecule has 0 saturated carbocycles. The van der Waals surface area contributed by atoms with Crippen molar-refractivity contribution in [3.8, 4) is 0 Å². The third kappa shape index (κ3) is 4.19. The highest BCUT2D eigenvalue weighted by atomic mass is 35.5. The summed E-state index contributed by atoms with van der Waals surface area (Å²) in [5.41, 5.74) is 2.16. The minimum Gasteiger partial charge on any atom is -0.443 e. The largest absolute Gasteiger partial charge is 0.443 e. The second kappa shape index (κ2) is 7.55. The Morgan fingerprint density at radius 1 is 1.35 bits per heavy atom. The lowest BCUT2D eigenvalue weighted by Crippen LogP contribution is -2.36. The topological polar surface area (TPSA) is 42.4 Å². The number of halogens is 1. The van der Waals surface area contributed by atoms with E-state index in [1.165, 1.54) is 0 Å². The van der Waals surface area contributed by atoms with Gasteiger partial charge < -0.3 is 4.74 Å². The quantitative estimate of drug-likeness (QED) is 0.461. The van der Waals surface area contributed by atoms with Gasteiger partial charge in [-0.25, -0.2) is 9.78 Å². The number of rotatable bonds is 4. The molecule has 0 aliphatic carbocycles. The number of amides is 1. The Kier molecular flexibility index (Phi) is 5.55. The fourth-order valence-electron chi connectivity index (χ4n) is 2.58. The van der Waals surface area contributed by atoms with Crippen molar-refractivity contribution in [3.05, 3.63) is 44.6 Å². The van der Waals surface area contributed by atoms with Gasteiger partial charge >= 0.3 is 6.09 Å². The van der Waals surface area contributed by atoms with Gasteiger partial charge in [-0.3, -0.25) is 4.90 Å². The van der Waals surface area contributed by atoms with Gasteiger partial charge in [0.1, 0.15) is 10.8 Å². The van der Waals surface area contributed by atoms with E-state index in [0.717, 1.165) is 32.8 Å². The van der Waals surface area contributed by atoms with Gasteiger partial charge in [0, 0.05) is 10.9 Å². The van der Waals surface area contributed by atoms with Crippen LogP contribution in [0.3, 0.4) is 0 Å². The zero-order chi connectivity index (χ0) is 18.9. The van der Waals surface area contributed by atoms with Crippen molar-refractivity contribution < 1.29 is 9.53 Å². The van der Waals surface area contributed by atoms with E-state index in [4.69, 9.17) is 16.3 Å². The summed E-state index contributed by atoms with van der Waals surface area (Å²) >= 11 is 9.48. The average molecular weight is 409 g/mol. The van der Waals surface area contributed by atoms with Crippen LogP contribution in [0.25, 0.3) is 10.2 Å². The summed E-state index contributed by atoms with van der Waals surface area (Å²) in [6.45, 7) is 8.11. The van der Waals surface area contributed by atoms with E-state index < -0.39 is 5.60 Å². The van der Waals surface area contributed by atoms with Crippen molar-refractivity contribution in [1.29, 1.82) is 0 Å². The predicted octanol–water partition coefficient (Wildman–Crippen LogP) is 6.52. The van der Waals surface area contributed by atoms with E-state index >= 15 is 0 Å². The lowest BCUT2D eigenvalue weighted by atomic mass is 10.2. The van der Waals surface area contributed by atoms with Crippen molar-refractivity contribution in [2.45, 2.75) is 46.3 Å². The lowest BCUT2D eigenvalue weighted by Gasteiger charge is -2.27. The molecule has 0 bridgehead atoms. The minimum atomic E-state index is -0.579. The SMILES string of the molecule is CCc1csc2c(N(Cc3cccs3)C(=O)OC(C)(C)C)cc(Cl)nc12. The number of aryl methyl sites for hydroxylation is 1. The summed E-state index contributed by atoms with van der Waals surface area (Å²) in [5.74, 6) is 0. The smallest absolute Gasteiger partial charge is 0.415 e. The molecule has 0 N–H and O–H groups in total. The number of hydrogen-bond donors (Lipinski definition) is 0. The highest BCUT2D eigenvalue weighted by Crippen LogP contribution is 2.37. The van der Waals surface area contributed by atoms with Crippen molar-refractivity contribution in [1.82, 2.24) is 4.98 Å². The number of anilines is 1. The molecule has 138 valence electrons. The van der Waals surface area contributed by atoms with Crippen LogP contribution in [-0.4, -0.2) is 16.7 Å². The number of pyridine rings is 1. The van der Waals surface area contributed by atoms with Crippen LogP contribution >= 0.6 is 34.3 Å². The van der Waals surface area contributed by atoms with Crippen molar-refractivity contribution in [2.75, 3.05) is 4.90 Å². The van der Waals surface area contributed by atoms with Gasteiger partial charge in [0.15, 0.2) is 0 Å². The molecule has 1 amide bonds. The summed E-state index contributed by atoms with van der Waals surface area (Å²) in [5, 5.41) is 4.45. The number of thiophene rings is 2. The molecule has 0 saturated heterocycles. The Bertz CT molecular complexity index is 914. The highest BCUT2D eigenvalue weighted by Gasteiger charge is 2.26. The number of carbonyl (C=O) groups excluding carboxylic acids is 1. The molecule has 26 heavy (non-hydrogen) atoms. The molecule has 0 unspecified atom stereocenters. The van der Waals surface area contributed by atoms with Crippen molar-refractivity contribution in [3.63, 3.8) is 0 Å². The van der Waals surface area contributed by atoms with Gasteiger partial charge in [-0.05, 0) is 49.6 Å². The van der Waals surface area contributed by atoms with E-state index in [1.54, 1.807) is 33.6 Å². The number of nitrogens with zero attached hydrogens (tertiary/aromatic N) is 2. The van der Waals surface area contributed by atoms with Gasteiger partial charge in [-0.2, -0.15) is 0 Å². The highest BCUT2D eigenvalue weighted by molar-refractivity contribution is 7.18. The molecule has 3 aromatic rings. The summed E-state index contributed by atoms with van der Waals surface area (Å²) in [7, 11) is 0. The molecular formula is C19H21ClN2O2S2. The molecule has 3 aromatic heterocycles. The van der Waals surface area contributed by atoms with Gasteiger partial charge in [0.25, 0.3) is 0 Å². The van der Waals surface area contributed by atoms with E-state index in [2.05, 4.69) is 17.3 Å². The maximum Gasteiger partial charge on any atom is 0.415 e. The maximum atomic E-state index is 13.0. The number of aromatic nitrogens is 1. The maximum absolute atomic E-state index is 13.0. The standard InChI is InChI=1S/C19H21ClN2O2S2/c1-5-12-11-26-17-14(9-15(20)21-16(12)17)22(10-13-7-6-8-25-13)18(23)24-19(2,3)4/h6-9,11H,5,10H2,1-4H3. The Morgan fingerprint density at radius 3 is 2.73 bits per heavy atom. The number of fused-ring (bicyclic) bond motifs is 1. The number of hydrogen-bond acceptors (Lipinski definition) is 5. The minimum absolute atomic E-state index is 0.375. The van der Waals surface area contributed by atoms with Gasteiger partial charge in [0.05, 0.1) is 22.4 Å². The van der Waals surface area contributed by atoms with Crippen LogP contribution < -0.4 is 4.90 Å². The van der Waals surface area contributed by atoms with E-state index in [9.17, 15) is 4.79 Å². The van der Waals surface area contributed by atoms with Gasteiger partial charge in [-0.15, -0.1) is 22.7 Å². The molecule has 0 aromatic carbocycles. The van der Waals surface area contributed by atoms with Gasteiger partial charge in [0.2, 0.25) is 0 Å². The van der Waals surface area contributed by atoms with Crippen molar-refractivity contribution in [2.24, 2.45) is 0 Å². The molecule has 4 nitrogen and oxygen atoms in total. The third-order valence-corrected chi connectivity index (χ3v) is 5.82. The fourth-order valence-corrected chi connectivity index (χ4v) is 4.58. The van der Waals surface area contributed by atoms with Crippen LogP contribution in [0.2, 0.25) is 5.15 Å². The van der Waals surface area contributed by atoms with Crippen LogP contribution in [0.4, 0.5) is 10.5 Å². The molecule has 7 heteroatoms. The summed E-state index contributed by atoms with van der Waals surface area (Å²) in [4.78, 5) is 20.2. The van der Waals surface area contributed by atoms with Crippen LogP contribution in [0.1, 0.15) is 38.1 Å². The van der Waals surface area contributed by atoms with E-state index in [1.807, 2.05) is 38.3 Å². The molecule has 3 heterocycles. The first-order valence-electron chi connectivity index (χ1n) is 8.38. The first kappa shape index (κ1) is 19.1. The van der Waals surface area contributed by atoms with Gasteiger partial charge in [-0.1, -0.05) is 24.6 Å². The number of ether oxygens (including phenoxy) is 1. The average Bonchev–Trinajstić information content (AvgIpc) is 3.19. The Balaban J connectivity index is 2.10. The number of carbonyl (C=O) groups is 1. The zero-order valence-corrected chi connectivity index (χ0v) is 17.6. The molecule has 0 aliphatic rings. The van der Waals surface area contributed by atoms with Crippen LogP contribution in [0, 0.1) is 0 Å². The second-order valence-electron chi connectivity index (χ2n) is 6.90. The lowest BCUT2D eigenvalue weighted by molar-refractivity contribution is 0.0578. The molecular weight excluding hydrogens is 388 g/mol. The summed E-state index contributed by atoms with van der Waals surface area (Å²) in [6, 6.07) is 5.73. The monoisotopic (exact) mass is 408 g/mol. The summed E-state index contributed by atoms with van der Waals surface area (Å²) in [6.07, 6.45) is 0.477. The second-order valence-corrected chi connectivity index (χ2v) is 9.20. The Hall–Kier alpha value is -1.63. The first-order valence-corrected chi connectivity index (χ1v) is 10.5. The van der Waals surface area contributed by atoms with Crippen LogP contribution in [0.5, 0.6) is 0 Å². The molecule has 0 aliphatic heterocycles. The third-order valence-electron chi connectivity index (χ3n) is 3.72. The predicted molar refractivity (Wildman–Crippen MR) is 111 cm³/mol. The van der Waals surface area contributed by atoms with Crippen LogP contribution in [-0.2, 0) is 17.7 Å². The zero-order valence-electron chi connectivity index (χ0n) is 15.2. The molecule has 3 rings (SSSR count). The normalized spacial score (nSPS) is 11.7. The van der Waals surface area contributed by atoms with Crippen molar-refractivity contribution >= 4 is 56.3 Å². The fraction of sp³-hybridized carbons (Fsp3) is 0.368.